The molecule has 124 valence electrons. The minimum Gasteiger partial charge on any atom is -0.369 e. The van der Waals surface area contributed by atoms with Crippen molar-refractivity contribution in [2.45, 2.75) is 44.5 Å². The van der Waals surface area contributed by atoms with Gasteiger partial charge in [0.05, 0.1) is 37.6 Å². The van der Waals surface area contributed by atoms with Crippen molar-refractivity contribution in [2.75, 3.05) is 19.7 Å². The molecule has 2 atom stereocenters. The summed E-state index contributed by atoms with van der Waals surface area (Å²) in [6.45, 7) is 6.02. The number of likely N-dealkylation sites (tertiary alicyclic amines) is 1. The van der Waals surface area contributed by atoms with Crippen molar-refractivity contribution in [3.05, 3.63) is 29.1 Å². The molecule has 6 nitrogen and oxygen atoms in total. The summed E-state index contributed by atoms with van der Waals surface area (Å²) in [6, 6.07) is 0. The highest BCUT2D eigenvalue weighted by atomic mass is 16.5. The lowest BCUT2D eigenvalue weighted by Gasteiger charge is -2.50. The van der Waals surface area contributed by atoms with Crippen LogP contribution in [0.2, 0.25) is 0 Å². The van der Waals surface area contributed by atoms with Crippen molar-refractivity contribution in [2.24, 2.45) is 7.05 Å². The van der Waals surface area contributed by atoms with Gasteiger partial charge in [-0.05, 0) is 20.3 Å². The van der Waals surface area contributed by atoms with E-state index in [1.807, 2.05) is 31.9 Å². The summed E-state index contributed by atoms with van der Waals surface area (Å²) in [7, 11) is 1.85. The Balaban J connectivity index is 1.57. The van der Waals surface area contributed by atoms with E-state index in [0.29, 0.717) is 25.4 Å². The highest BCUT2D eigenvalue weighted by Crippen LogP contribution is 2.35. The van der Waals surface area contributed by atoms with Crippen LogP contribution in [0, 0.1) is 0 Å². The maximum atomic E-state index is 13.0. The first-order valence-electron chi connectivity index (χ1n) is 8.28. The molecule has 23 heavy (non-hydrogen) atoms. The molecule has 1 aromatic heterocycles. The maximum absolute atomic E-state index is 13.0. The zero-order valence-corrected chi connectivity index (χ0v) is 13.9. The predicted octanol–water partition coefficient (Wildman–Crippen LogP) is 1.61. The molecule has 0 aliphatic carbocycles. The first kappa shape index (κ1) is 14.9. The third kappa shape index (κ3) is 2.32. The second-order valence-electron chi connectivity index (χ2n) is 6.96. The van der Waals surface area contributed by atoms with E-state index in [-0.39, 0.29) is 23.7 Å². The van der Waals surface area contributed by atoms with Crippen LogP contribution in [0.3, 0.4) is 0 Å². The van der Waals surface area contributed by atoms with E-state index in [1.165, 1.54) is 0 Å². The molecule has 4 rings (SSSR count). The van der Waals surface area contributed by atoms with Gasteiger partial charge in [0, 0.05) is 19.0 Å². The first-order valence-corrected chi connectivity index (χ1v) is 8.28. The fourth-order valence-corrected chi connectivity index (χ4v) is 3.95. The number of hydrogen-bond donors (Lipinski definition) is 0. The Labute approximate surface area is 136 Å². The Hall–Kier alpha value is -1.66. The fourth-order valence-electron chi connectivity index (χ4n) is 3.95. The molecule has 0 N–H and O–H groups in total. The van der Waals surface area contributed by atoms with Crippen molar-refractivity contribution in [1.29, 1.82) is 0 Å². The zero-order valence-electron chi connectivity index (χ0n) is 13.9. The average molecular weight is 317 g/mol. The summed E-state index contributed by atoms with van der Waals surface area (Å²) >= 11 is 0. The molecule has 1 fully saturated rings. The van der Waals surface area contributed by atoms with E-state index in [0.717, 1.165) is 24.1 Å². The molecule has 0 unspecified atom stereocenters. The van der Waals surface area contributed by atoms with Gasteiger partial charge in [-0.15, -0.1) is 0 Å². The third-order valence-electron chi connectivity index (χ3n) is 5.08. The molecule has 1 saturated heterocycles. The van der Waals surface area contributed by atoms with Crippen molar-refractivity contribution in [3.63, 3.8) is 0 Å². The Morgan fingerprint density at radius 2 is 2.13 bits per heavy atom. The summed E-state index contributed by atoms with van der Waals surface area (Å²) < 4.78 is 13.4. The summed E-state index contributed by atoms with van der Waals surface area (Å²) in [5.74, 6) is 0.0614. The van der Waals surface area contributed by atoms with Crippen LogP contribution in [0.5, 0.6) is 0 Å². The number of amides is 1. The van der Waals surface area contributed by atoms with Crippen LogP contribution in [-0.2, 0) is 22.9 Å². The van der Waals surface area contributed by atoms with E-state index in [4.69, 9.17) is 9.47 Å². The standard InChI is InChI=1S/C17H23N3O3/c1-11-8-13-14(12(2)23-11)18-19(3)15(13)16(21)20-9-17(10-20)6-4-5-7-22-17/h4-5,11-12H,6-10H2,1-3H3/t11-,12+/m1/s1. The number of carbonyl (C=O) groups excluding carboxylic acids is 1. The van der Waals surface area contributed by atoms with Gasteiger partial charge in [0.25, 0.3) is 5.91 Å². The first-order chi connectivity index (χ1) is 11.0. The van der Waals surface area contributed by atoms with Crippen LogP contribution < -0.4 is 0 Å². The number of fused-ring (bicyclic) bond motifs is 1. The second-order valence-corrected chi connectivity index (χ2v) is 6.96. The number of aryl methyl sites for hydroxylation is 1. The molecule has 0 radical (unpaired) electrons. The number of nitrogens with zero attached hydrogens (tertiary/aromatic N) is 3. The molecule has 1 spiro atoms. The summed E-state index contributed by atoms with van der Waals surface area (Å²) in [4.78, 5) is 14.8. The van der Waals surface area contributed by atoms with Crippen molar-refractivity contribution in [3.8, 4) is 0 Å². The molecule has 4 heterocycles. The zero-order chi connectivity index (χ0) is 16.2. The van der Waals surface area contributed by atoms with E-state index < -0.39 is 0 Å². The lowest BCUT2D eigenvalue weighted by Crippen LogP contribution is -2.65. The van der Waals surface area contributed by atoms with Gasteiger partial charge in [-0.25, -0.2) is 0 Å². The fraction of sp³-hybridized carbons (Fsp3) is 0.647. The summed E-state index contributed by atoms with van der Waals surface area (Å²) in [6.07, 6.45) is 5.88. The Morgan fingerprint density at radius 3 is 2.83 bits per heavy atom. The highest BCUT2D eigenvalue weighted by Gasteiger charge is 2.47. The van der Waals surface area contributed by atoms with Gasteiger partial charge < -0.3 is 14.4 Å². The van der Waals surface area contributed by atoms with Crippen LogP contribution in [0.4, 0.5) is 0 Å². The predicted molar refractivity (Wildman–Crippen MR) is 84.2 cm³/mol. The smallest absolute Gasteiger partial charge is 0.272 e. The lowest BCUT2D eigenvalue weighted by molar-refractivity contribution is -0.124. The summed E-state index contributed by atoms with van der Waals surface area (Å²) in [5, 5.41) is 4.53. The molecule has 6 heteroatoms. The second kappa shape index (κ2) is 5.18. The Morgan fingerprint density at radius 1 is 1.35 bits per heavy atom. The Kier molecular flexibility index (Phi) is 3.35. The number of aromatic nitrogens is 2. The van der Waals surface area contributed by atoms with Crippen LogP contribution >= 0.6 is 0 Å². The maximum Gasteiger partial charge on any atom is 0.272 e. The van der Waals surface area contributed by atoms with Crippen LogP contribution in [0.25, 0.3) is 0 Å². The van der Waals surface area contributed by atoms with Gasteiger partial charge in [0.1, 0.15) is 11.3 Å². The number of rotatable bonds is 1. The van der Waals surface area contributed by atoms with Gasteiger partial charge >= 0.3 is 0 Å². The molecule has 0 saturated carbocycles. The Bertz CT molecular complexity index is 673. The van der Waals surface area contributed by atoms with E-state index >= 15 is 0 Å². The lowest BCUT2D eigenvalue weighted by atomic mass is 9.88. The summed E-state index contributed by atoms with van der Waals surface area (Å²) in [5.41, 5.74) is 2.51. The van der Waals surface area contributed by atoms with Crippen molar-refractivity contribution >= 4 is 5.91 Å². The molecule has 0 bridgehead atoms. The number of hydrogen-bond acceptors (Lipinski definition) is 4. The monoisotopic (exact) mass is 317 g/mol. The van der Waals surface area contributed by atoms with Crippen LogP contribution in [-0.4, -0.2) is 52.0 Å². The van der Waals surface area contributed by atoms with Crippen LogP contribution in [0.15, 0.2) is 12.2 Å². The third-order valence-corrected chi connectivity index (χ3v) is 5.08. The van der Waals surface area contributed by atoms with E-state index in [1.54, 1.807) is 4.68 Å². The van der Waals surface area contributed by atoms with Gasteiger partial charge in [-0.3, -0.25) is 9.48 Å². The highest BCUT2D eigenvalue weighted by molar-refractivity contribution is 5.95. The molecule has 0 aromatic carbocycles. The van der Waals surface area contributed by atoms with Crippen LogP contribution in [0.1, 0.15) is 48.1 Å². The van der Waals surface area contributed by atoms with E-state index in [9.17, 15) is 4.79 Å². The van der Waals surface area contributed by atoms with Gasteiger partial charge in [-0.1, -0.05) is 12.2 Å². The molecular formula is C17H23N3O3. The van der Waals surface area contributed by atoms with Gasteiger partial charge in [-0.2, -0.15) is 5.10 Å². The van der Waals surface area contributed by atoms with Crippen molar-refractivity contribution < 1.29 is 14.3 Å². The normalized spacial score (nSPS) is 28.6. The molecule has 1 amide bonds. The minimum absolute atomic E-state index is 0.0592. The van der Waals surface area contributed by atoms with E-state index in [2.05, 4.69) is 11.2 Å². The molecule has 1 aromatic rings. The molecular weight excluding hydrogens is 294 g/mol. The SMILES string of the molecule is C[C@@H]1Cc2c(nn(C)c2C(=O)N2CC3(CC=CCO3)C2)[C@H](C)O1. The van der Waals surface area contributed by atoms with Crippen molar-refractivity contribution in [1.82, 2.24) is 14.7 Å². The topological polar surface area (TPSA) is 56.6 Å². The minimum atomic E-state index is -0.160. The largest absolute Gasteiger partial charge is 0.369 e. The van der Waals surface area contributed by atoms with Gasteiger partial charge in [0.2, 0.25) is 0 Å². The molecule has 3 aliphatic heterocycles. The molecule has 3 aliphatic rings. The quantitative estimate of drug-likeness (QED) is 0.739. The average Bonchev–Trinajstić information content (AvgIpc) is 2.81. The number of carbonyl (C=O) groups is 1. The number of ether oxygens (including phenoxy) is 2. The van der Waals surface area contributed by atoms with Gasteiger partial charge in [0.15, 0.2) is 0 Å².